The fraction of sp³-hybridized carbons (Fsp3) is 0.900. The van der Waals surface area contributed by atoms with Crippen LogP contribution in [0.1, 0.15) is 26.2 Å². The highest BCUT2D eigenvalue weighted by Crippen LogP contribution is 2.43. The number of carbonyl (C=O) groups excluding carboxylic acids is 1. The first-order chi connectivity index (χ1) is 6.57. The monoisotopic (exact) mass is 197 g/mol. The van der Waals surface area contributed by atoms with E-state index in [1.165, 1.54) is 12.8 Å². The Labute approximate surface area is 84.6 Å². The number of nitrogens with two attached hydrogens (primary N) is 2. The number of carbonyl (C=O) groups is 1. The van der Waals surface area contributed by atoms with Gasteiger partial charge < -0.3 is 11.5 Å². The molecule has 1 saturated heterocycles. The second-order valence-electron chi connectivity index (χ2n) is 4.74. The minimum absolute atomic E-state index is 0.0110. The molecule has 1 atom stereocenters. The summed E-state index contributed by atoms with van der Waals surface area (Å²) in [6, 6.07) is -0.106. The molecule has 0 aromatic rings. The summed E-state index contributed by atoms with van der Waals surface area (Å²) in [5.74, 6) is 0.481. The van der Waals surface area contributed by atoms with Crippen molar-refractivity contribution in [2.75, 3.05) is 13.1 Å². The molecule has 1 amide bonds. The second-order valence-corrected chi connectivity index (χ2v) is 4.74. The molecule has 1 aliphatic carbocycles. The fourth-order valence-electron chi connectivity index (χ4n) is 2.49. The molecule has 4 nitrogen and oxygen atoms in total. The number of nitrogens with zero attached hydrogens (tertiary/aromatic N) is 1. The van der Waals surface area contributed by atoms with E-state index in [-0.39, 0.29) is 17.5 Å². The molecule has 1 aliphatic heterocycles. The van der Waals surface area contributed by atoms with Gasteiger partial charge in [-0.15, -0.1) is 0 Å². The lowest BCUT2D eigenvalue weighted by Gasteiger charge is -2.50. The zero-order valence-corrected chi connectivity index (χ0v) is 8.70. The van der Waals surface area contributed by atoms with Gasteiger partial charge in [0.25, 0.3) is 0 Å². The average Bonchev–Trinajstić information content (AvgIpc) is 2.83. The van der Waals surface area contributed by atoms with Gasteiger partial charge in [-0.25, -0.2) is 0 Å². The third kappa shape index (κ3) is 1.53. The van der Waals surface area contributed by atoms with Crippen molar-refractivity contribution < 1.29 is 4.79 Å². The SMILES string of the molecule is CCC(C(N)=O)N1CC(N)(C2CC2)C1. The van der Waals surface area contributed by atoms with Gasteiger partial charge in [0, 0.05) is 18.6 Å². The molecule has 0 spiro atoms. The maximum Gasteiger partial charge on any atom is 0.234 e. The van der Waals surface area contributed by atoms with Crippen LogP contribution in [-0.2, 0) is 4.79 Å². The van der Waals surface area contributed by atoms with Crippen molar-refractivity contribution in [2.24, 2.45) is 17.4 Å². The average molecular weight is 197 g/mol. The van der Waals surface area contributed by atoms with Crippen molar-refractivity contribution in [1.29, 1.82) is 0 Å². The number of rotatable bonds is 4. The van der Waals surface area contributed by atoms with Crippen molar-refractivity contribution >= 4 is 5.91 Å². The Morgan fingerprint density at radius 3 is 2.50 bits per heavy atom. The van der Waals surface area contributed by atoms with Gasteiger partial charge in [0.1, 0.15) is 0 Å². The largest absolute Gasteiger partial charge is 0.368 e. The van der Waals surface area contributed by atoms with Crippen LogP contribution in [0.3, 0.4) is 0 Å². The molecule has 14 heavy (non-hydrogen) atoms. The molecule has 0 aromatic heterocycles. The van der Waals surface area contributed by atoms with E-state index in [2.05, 4.69) is 4.90 Å². The molecule has 1 heterocycles. The van der Waals surface area contributed by atoms with Gasteiger partial charge in [-0.3, -0.25) is 9.69 Å². The maximum atomic E-state index is 11.1. The summed E-state index contributed by atoms with van der Waals surface area (Å²) in [6.07, 6.45) is 3.31. The lowest BCUT2D eigenvalue weighted by atomic mass is 9.84. The lowest BCUT2D eigenvalue weighted by molar-refractivity contribution is -0.127. The first kappa shape index (κ1) is 9.93. The van der Waals surface area contributed by atoms with Crippen molar-refractivity contribution in [3.05, 3.63) is 0 Å². The van der Waals surface area contributed by atoms with Crippen LogP contribution in [0.25, 0.3) is 0 Å². The number of primary amides is 1. The molecule has 0 radical (unpaired) electrons. The molecule has 1 saturated carbocycles. The molecule has 2 rings (SSSR count). The van der Waals surface area contributed by atoms with E-state index < -0.39 is 0 Å². The van der Waals surface area contributed by atoms with Crippen LogP contribution in [0.2, 0.25) is 0 Å². The minimum Gasteiger partial charge on any atom is -0.368 e. The normalized spacial score (nSPS) is 28.1. The molecule has 2 aliphatic rings. The summed E-state index contributed by atoms with van der Waals surface area (Å²) < 4.78 is 0. The number of likely N-dealkylation sites (tertiary alicyclic amines) is 1. The van der Waals surface area contributed by atoms with Gasteiger partial charge in [0.15, 0.2) is 0 Å². The summed E-state index contributed by atoms with van der Waals surface area (Å²) in [4.78, 5) is 13.2. The zero-order valence-electron chi connectivity index (χ0n) is 8.70. The highest BCUT2D eigenvalue weighted by Gasteiger charge is 2.52. The van der Waals surface area contributed by atoms with Gasteiger partial charge in [-0.1, -0.05) is 6.92 Å². The molecule has 0 bridgehead atoms. The molecule has 1 unspecified atom stereocenters. The Morgan fingerprint density at radius 1 is 1.57 bits per heavy atom. The number of hydrogen-bond donors (Lipinski definition) is 2. The van der Waals surface area contributed by atoms with E-state index in [1.807, 2.05) is 6.92 Å². The molecule has 2 fully saturated rings. The van der Waals surface area contributed by atoms with Crippen LogP contribution in [0.4, 0.5) is 0 Å². The van der Waals surface area contributed by atoms with Crippen molar-refractivity contribution in [3.8, 4) is 0 Å². The van der Waals surface area contributed by atoms with E-state index >= 15 is 0 Å². The molecular formula is C10H19N3O. The molecule has 80 valence electrons. The lowest BCUT2D eigenvalue weighted by Crippen LogP contribution is -2.72. The molecule has 4 N–H and O–H groups in total. The number of hydrogen-bond acceptors (Lipinski definition) is 3. The van der Waals surface area contributed by atoms with E-state index in [1.54, 1.807) is 0 Å². The third-order valence-electron chi connectivity index (χ3n) is 3.54. The van der Waals surface area contributed by atoms with Crippen molar-refractivity contribution in [2.45, 2.75) is 37.8 Å². The third-order valence-corrected chi connectivity index (χ3v) is 3.54. The Hall–Kier alpha value is -0.610. The Bertz CT molecular complexity index is 244. The molecular weight excluding hydrogens is 178 g/mol. The topological polar surface area (TPSA) is 72.4 Å². The highest BCUT2D eigenvalue weighted by atomic mass is 16.1. The van der Waals surface area contributed by atoms with Crippen LogP contribution >= 0.6 is 0 Å². The summed E-state index contributed by atoms with van der Waals surface area (Å²) in [5.41, 5.74) is 11.5. The van der Waals surface area contributed by atoms with E-state index in [0.29, 0.717) is 5.92 Å². The van der Waals surface area contributed by atoms with Gasteiger partial charge in [0.2, 0.25) is 5.91 Å². The summed E-state index contributed by atoms with van der Waals surface area (Å²) in [5, 5.41) is 0. The van der Waals surface area contributed by atoms with E-state index in [4.69, 9.17) is 11.5 Å². The van der Waals surface area contributed by atoms with Crippen LogP contribution in [0, 0.1) is 5.92 Å². The van der Waals surface area contributed by atoms with Gasteiger partial charge in [-0.2, -0.15) is 0 Å². The fourth-order valence-corrected chi connectivity index (χ4v) is 2.49. The summed E-state index contributed by atoms with van der Waals surface area (Å²) in [6.45, 7) is 3.68. The molecule has 4 heteroatoms. The predicted octanol–water partition coefficient (Wildman–Crippen LogP) is -0.327. The second kappa shape index (κ2) is 3.21. The zero-order chi connectivity index (χ0) is 10.3. The van der Waals surface area contributed by atoms with E-state index in [0.717, 1.165) is 19.5 Å². The first-order valence-electron chi connectivity index (χ1n) is 5.39. The summed E-state index contributed by atoms with van der Waals surface area (Å²) in [7, 11) is 0. The van der Waals surface area contributed by atoms with Crippen LogP contribution in [0.15, 0.2) is 0 Å². The Kier molecular flexibility index (Phi) is 2.27. The standard InChI is InChI=1S/C10H19N3O/c1-2-8(9(11)14)13-5-10(12,6-13)7-3-4-7/h7-8H,2-6,12H2,1H3,(H2,11,14). The maximum absolute atomic E-state index is 11.1. The molecule has 0 aromatic carbocycles. The van der Waals surface area contributed by atoms with Crippen LogP contribution in [0.5, 0.6) is 0 Å². The van der Waals surface area contributed by atoms with Crippen LogP contribution < -0.4 is 11.5 Å². The summed E-state index contributed by atoms with van der Waals surface area (Å²) >= 11 is 0. The first-order valence-corrected chi connectivity index (χ1v) is 5.39. The van der Waals surface area contributed by atoms with Gasteiger partial charge >= 0.3 is 0 Å². The minimum atomic E-state index is -0.217. The van der Waals surface area contributed by atoms with Crippen LogP contribution in [-0.4, -0.2) is 35.5 Å². The van der Waals surface area contributed by atoms with Gasteiger partial charge in [-0.05, 0) is 25.2 Å². The van der Waals surface area contributed by atoms with Gasteiger partial charge in [0.05, 0.1) is 6.04 Å². The van der Waals surface area contributed by atoms with E-state index in [9.17, 15) is 4.79 Å². The van der Waals surface area contributed by atoms with Crippen molar-refractivity contribution in [1.82, 2.24) is 4.90 Å². The predicted molar refractivity (Wildman–Crippen MR) is 54.5 cm³/mol. The Balaban J connectivity index is 1.88. The highest BCUT2D eigenvalue weighted by molar-refractivity contribution is 5.80. The van der Waals surface area contributed by atoms with Crippen molar-refractivity contribution in [3.63, 3.8) is 0 Å². The Morgan fingerprint density at radius 2 is 2.14 bits per heavy atom. The quantitative estimate of drug-likeness (QED) is 0.648. The smallest absolute Gasteiger partial charge is 0.234 e. The number of amides is 1.